The number of ether oxygens (including phenoxy) is 1. The van der Waals surface area contributed by atoms with Gasteiger partial charge in [-0.3, -0.25) is 4.98 Å². The van der Waals surface area contributed by atoms with Crippen molar-refractivity contribution in [2.75, 3.05) is 5.73 Å². The van der Waals surface area contributed by atoms with Crippen molar-refractivity contribution in [2.24, 2.45) is 0 Å². The van der Waals surface area contributed by atoms with Crippen molar-refractivity contribution >= 4 is 11.9 Å². The van der Waals surface area contributed by atoms with Gasteiger partial charge < -0.3 is 15.8 Å². The van der Waals surface area contributed by atoms with E-state index >= 15 is 0 Å². The zero-order valence-electron chi connectivity index (χ0n) is 11.2. The molecular formula is C12H20N4O2. The summed E-state index contributed by atoms with van der Waals surface area (Å²) in [4.78, 5) is 19.8. The minimum Gasteiger partial charge on any atom is -0.444 e. The largest absolute Gasteiger partial charge is 0.444 e. The average molecular weight is 252 g/mol. The Morgan fingerprint density at radius 2 is 2.11 bits per heavy atom. The lowest BCUT2D eigenvalue weighted by Gasteiger charge is -2.22. The van der Waals surface area contributed by atoms with Crippen molar-refractivity contribution in [1.29, 1.82) is 0 Å². The molecule has 100 valence electrons. The Kier molecular flexibility index (Phi) is 4.47. The monoisotopic (exact) mass is 252 g/mol. The van der Waals surface area contributed by atoms with Crippen LogP contribution >= 0.6 is 0 Å². The molecule has 1 heterocycles. The van der Waals surface area contributed by atoms with Crippen molar-refractivity contribution in [3.63, 3.8) is 0 Å². The summed E-state index contributed by atoms with van der Waals surface area (Å²) in [7, 11) is 0. The van der Waals surface area contributed by atoms with Crippen LogP contribution in [-0.4, -0.2) is 21.7 Å². The molecule has 0 aromatic carbocycles. The molecular weight excluding hydrogens is 232 g/mol. The van der Waals surface area contributed by atoms with Crippen molar-refractivity contribution in [1.82, 2.24) is 15.3 Å². The van der Waals surface area contributed by atoms with Gasteiger partial charge in [0.15, 0.2) is 0 Å². The number of carbonyl (C=O) groups is 1. The summed E-state index contributed by atoms with van der Waals surface area (Å²) in [6.07, 6.45) is 3.25. The Hall–Kier alpha value is -1.85. The number of alkyl carbamates (subject to hydrolysis) is 1. The van der Waals surface area contributed by atoms with E-state index in [2.05, 4.69) is 15.3 Å². The molecule has 0 aliphatic heterocycles. The topological polar surface area (TPSA) is 90.1 Å². The Labute approximate surface area is 107 Å². The molecule has 0 aliphatic carbocycles. The lowest BCUT2D eigenvalue weighted by atomic mass is 10.1. The number of nitrogens with one attached hydrogen (secondary N) is 1. The molecule has 3 N–H and O–H groups in total. The molecule has 6 nitrogen and oxygen atoms in total. The van der Waals surface area contributed by atoms with Gasteiger partial charge >= 0.3 is 6.09 Å². The Balaban J connectivity index is 2.68. The van der Waals surface area contributed by atoms with Gasteiger partial charge in [0.2, 0.25) is 0 Å². The average Bonchev–Trinajstić information content (AvgIpc) is 2.25. The van der Waals surface area contributed by atoms with Crippen LogP contribution in [0.3, 0.4) is 0 Å². The van der Waals surface area contributed by atoms with Gasteiger partial charge in [-0.25, -0.2) is 9.78 Å². The van der Waals surface area contributed by atoms with Crippen molar-refractivity contribution in [3.05, 3.63) is 18.1 Å². The maximum atomic E-state index is 11.7. The van der Waals surface area contributed by atoms with Crippen LogP contribution in [0.1, 0.15) is 45.9 Å². The first-order valence-corrected chi connectivity index (χ1v) is 5.88. The fraction of sp³-hybridized carbons (Fsp3) is 0.583. The number of anilines is 1. The Bertz CT molecular complexity index is 398. The first-order valence-electron chi connectivity index (χ1n) is 5.88. The van der Waals surface area contributed by atoms with E-state index in [1.165, 1.54) is 6.20 Å². The van der Waals surface area contributed by atoms with Crippen molar-refractivity contribution < 1.29 is 9.53 Å². The number of carbonyl (C=O) groups excluding carboxylic acids is 1. The number of hydrogen-bond donors (Lipinski definition) is 2. The number of nitrogens with zero attached hydrogens (tertiary/aromatic N) is 2. The second-order valence-electron chi connectivity index (χ2n) is 4.97. The molecule has 1 aromatic rings. The van der Waals surface area contributed by atoms with E-state index in [4.69, 9.17) is 10.5 Å². The third-order valence-corrected chi connectivity index (χ3v) is 2.15. The van der Waals surface area contributed by atoms with E-state index in [1.54, 1.807) is 6.20 Å². The molecule has 1 amide bonds. The minimum absolute atomic E-state index is 0.229. The maximum absolute atomic E-state index is 11.7. The molecule has 0 spiro atoms. The summed E-state index contributed by atoms with van der Waals surface area (Å²) in [6.45, 7) is 7.39. The van der Waals surface area contributed by atoms with Gasteiger partial charge in [-0.1, -0.05) is 6.92 Å². The number of amides is 1. The summed E-state index contributed by atoms with van der Waals surface area (Å²) < 4.78 is 5.19. The van der Waals surface area contributed by atoms with Crippen molar-refractivity contribution in [3.8, 4) is 0 Å². The molecule has 1 atom stereocenters. The van der Waals surface area contributed by atoms with Crippen LogP contribution in [-0.2, 0) is 4.74 Å². The molecule has 0 saturated carbocycles. The highest BCUT2D eigenvalue weighted by Gasteiger charge is 2.20. The molecule has 0 fully saturated rings. The zero-order chi connectivity index (χ0) is 13.8. The second kappa shape index (κ2) is 5.66. The third kappa shape index (κ3) is 4.57. The van der Waals surface area contributed by atoms with E-state index in [1.807, 2.05) is 27.7 Å². The van der Waals surface area contributed by atoms with E-state index < -0.39 is 11.7 Å². The van der Waals surface area contributed by atoms with E-state index in [-0.39, 0.29) is 6.04 Å². The minimum atomic E-state index is -0.519. The quantitative estimate of drug-likeness (QED) is 0.859. The van der Waals surface area contributed by atoms with Gasteiger partial charge in [0.05, 0.1) is 24.1 Å². The smallest absolute Gasteiger partial charge is 0.408 e. The SMILES string of the molecule is CCC(NC(=O)OC(C)(C)C)c1cnc(N)cn1. The predicted molar refractivity (Wildman–Crippen MR) is 68.8 cm³/mol. The number of hydrogen-bond acceptors (Lipinski definition) is 5. The van der Waals surface area contributed by atoms with Crippen LogP contribution in [0, 0.1) is 0 Å². The molecule has 1 aromatic heterocycles. The number of nitrogen functional groups attached to an aromatic ring is 1. The normalized spacial score (nSPS) is 12.9. The van der Waals surface area contributed by atoms with Crippen LogP contribution in [0.15, 0.2) is 12.4 Å². The fourth-order valence-electron chi connectivity index (χ4n) is 1.36. The van der Waals surface area contributed by atoms with Gasteiger partial charge in [0, 0.05) is 0 Å². The lowest BCUT2D eigenvalue weighted by Crippen LogP contribution is -2.35. The Morgan fingerprint density at radius 1 is 1.44 bits per heavy atom. The summed E-state index contributed by atoms with van der Waals surface area (Å²) >= 11 is 0. The van der Waals surface area contributed by atoms with E-state index in [9.17, 15) is 4.79 Å². The predicted octanol–water partition coefficient (Wildman–Crippen LogP) is 2.03. The first kappa shape index (κ1) is 14.2. The highest BCUT2D eigenvalue weighted by atomic mass is 16.6. The standard InChI is InChI=1S/C12H20N4O2/c1-5-8(9-6-15-10(13)7-14-9)16-11(17)18-12(2,3)4/h6-8H,5H2,1-4H3,(H2,13,15)(H,16,17). The highest BCUT2D eigenvalue weighted by molar-refractivity contribution is 5.68. The van der Waals surface area contributed by atoms with Gasteiger partial charge in [0.25, 0.3) is 0 Å². The first-order chi connectivity index (χ1) is 8.31. The molecule has 0 aliphatic rings. The van der Waals surface area contributed by atoms with Gasteiger partial charge in [-0.15, -0.1) is 0 Å². The Morgan fingerprint density at radius 3 is 2.56 bits per heavy atom. The van der Waals surface area contributed by atoms with Gasteiger partial charge in [-0.05, 0) is 27.2 Å². The van der Waals surface area contributed by atoms with Gasteiger partial charge in [-0.2, -0.15) is 0 Å². The maximum Gasteiger partial charge on any atom is 0.408 e. The highest BCUT2D eigenvalue weighted by Crippen LogP contribution is 2.15. The summed E-state index contributed by atoms with van der Waals surface area (Å²) in [5, 5.41) is 2.75. The van der Waals surface area contributed by atoms with Crippen LogP contribution < -0.4 is 11.1 Å². The molecule has 6 heteroatoms. The molecule has 1 rings (SSSR count). The van der Waals surface area contributed by atoms with E-state index in [0.29, 0.717) is 17.9 Å². The summed E-state index contributed by atoms with van der Waals surface area (Å²) in [5.41, 5.74) is 5.61. The number of aromatic nitrogens is 2. The van der Waals surface area contributed by atoms with Crippen LogP contribution in [0.4, 0.5) is 10.6 Å². The third-order valence-electron chi connectivity index (χ3n) is 2.15. The summed E-state index contributed by atoms with van der Waals surface area (Å²) in [6, 6.07) is -0.229. The number of rotatable bonds is 3. The van der Waals surface area contributed by atoms with Crippen molar-refractivity contribution in [2.45, 2.75) is 45.8 Å². The molecule has 18 heavy (non-hydrogen) atoms. The fourth-order valence-corrected chi connectivity index (χ4v) is 1.36. The summed E-state index contributed by atoms with van der Waals surface area (Å²) in [5.74, 6) is 0.353. The molecule has 1 unspecified atom stereocenters. The van der Waals surface area contributed by atoms with Gasteiger partial charge in [0.1, 0.15) is 11.4 Å². The molecule has 0 bridgehead atoms. The molecule has 0 saturated heterocycles. The van der Waals surface area contributed by atoms with Crippen LogP contribution in [0.2, 0.25) is 0 Å². The number of nitrogens with two attached hydrogens (primary N) is 1. The second-order valence-corrected chi connectivity index (χ2v) is 4.97. The lowest BCUT2D eigenvalue weighted by molar-refractivity contribution is 0.0501. The van der Waals surface area contributed by atoms with Crippen LogP contribution in [0.25, 0.3) is 0 Å². The van der Waals surface area contributed by atoms with Crippen LogP contribution in [0.5, 0.6) is 0 Å². The van der Waals surface area contributed by atoms with E-state index in [0.717, 1.165) is 0 Å². The molecule has 0 radical (unpaired) electrons. The zero-order valence-corrected chi connectivity index (χ0v) is 11.2.